The lowest BCUT2D eigenvalue weighted by atomic mass is 10.2. The summed E-state index contributed by atoms with van der Waals surface area (Å²) in [6, 6.07) is 9.70. The van der Waals surface area contributed by atoms with Gasteiger partial charge >= 0.3 is 12.0 Å². The fraction of sp³-hybridized carbons (Fsp3) is 0.389. The van der Waals surface area contributed by atoms with Gasteiger partial charge < -0.3 is 24.6 Å². The molecule has 3 rings (SSSR count). The Kier molecular flexibility index (Phi) is 5.40. The zero-order valence-electron chi connectivity index (χ0n) is 15.2. The number of anilines is 2. The predicted molar refractivity (Wildman–Crippen MR) is 99.1 cm³/mol. The summed E-state index contributed by atoms with van der Waals surface area (Å²) < 4.78 is 10.3. The number of aromatic nitrogens is 2. The van der Waals surface area contributed by atoms with Crippen LogP contribution in [0.4, 0.5) is 16.3 Å². The fourth-order valence-corrected chi connectivity index (χ4v) is 2.73. The third kappa shape index (κ3) is 4.14. The number of amides is 2. The number of hydrogen-bond acceptors (Lipinski definition) is 6. The highest BCUT2D eigenvalue weighted by atomic mass is 16.5. The van der Waals surface area contributed by atoms with Crippen LogP contribution in [0.5, 0.6) is 11.9 Å². The Morgan fingerprint density at radius 3 is 2.35 bits per heavy atom. The summed E-state index contributed by atoms with van der Waals surface area (Å²) in [6.45, 7) is 4.57. The molecule has 1 N–H and O–H groups in total. The topological polar surface area (TPSA) is 79.8 Å². The highest BCUT2D eigenvalue weighted by molar-refractivity contribution is 5.89. The molecule has 0 unspecified atom stereocenters. The van der Waals surface area contributed by atoms with E-state index in [0.717, 1.165) is 17.1 Å². The molecule has 1 aromatic carbocycles. The number of carbonyl (C=O) groups excluding carboxylic acids is 1. The lowest BCUT2D eigenvalue weighted by Gasteiger charge is -2.35. The number of benzene rings is 1. The lowest BCUT2D eigenvalue weighted by molar-refractivity contribution is 0.208. The molecule has 2 amide bonds. The molecule has 0 saturated carbocycles. The number of nitrogens with one attached hydrogen (secondary N) is 1. The third-order valence-corrected chi connectivity index (χ3v) is 4.25. The molecule has 26 heavy (non-hydrogen) atoms. The monoisotopic (exact) mass is 357 g/mol. The van der Waals surface area contributed by atoms with E-state index in [9.17, 15) is 4.79 Å². The van der Waals surface area contributed by atoms with Crippen molar-refractivity contribution in [1.29, 1.82) is 0 Å². The summed E-state index contributed by atoms with van der Waals surface area (Å²) >= 11 is 0. The summed E-state index contributed by atoms with van der Waals surface area (Å²) in [6.07, 6.45) is 0. The van der Waals surface area contributed by atoms with Crippen LogP contribution in [-0.4, -0.2) is 61.3 Å². The average Bonchev–Trinajstić information content (AvgIpc) is 2.69. The van der Waals surface area contributed by atoms with Gasteiger partial charge in [0.2, 0.25) is 5.88 Å². The molecule has 2 aromatic rings. The van der Waals surface area contributed by atoms with Crippen molar-refractivity contribution >= 4 is 17.5 Å². The molecule has 138 valence electrons. The standard InChI is InChI=1S/C18H23N5O3/c1-13-4-6-14(7-5-13)19-18(24)23-10-8-22(9-11-23)15-12-16(25-2)21-17(20-15)26-3/h4-7,12H,8-11H2,1-3H3,(H,19,24). The van der Waals surface area contributed by atoms with Gasteiger partial charge in [0.25, 0.3) is 0 Å². The van der Waals surface area contributed by atoms with Crippen molar-refractivity contribution in [2.45, 2.75) is 6.92 Å². The normalized spacial score (nSPS) is 14.1. The van der Waals surface area contributed by atoms with Gasteiger partial charge in [0.05, 0.1) is 14.2 Å². The fourth-order valence-electron chi connectivity index (χ4n) is 2.73. The summed E-state index contributed by atoms with van der Waals surface area (Å²) in [5, 5.41) is 2.93. The Labute approximate surface area is 152 Å². The number of methoxy groups -OCH3 is 2. The molecule has 1 fully saturated rings. The molecule has 1 aliphatic heterocycles. The minimum absolute atomic E-state index is 0.0913. The smallest absolute Gasteiger partial charge is 0.321 e. The molecule has 0 radical (unpaired) electrons. The van der Waals surface area contributed by atoms with Crippen LogP contribution < -0.4 is 19.7 Å². The van der Waals surface area contributed by atoms with Crippen LogP contribution >= 0.6 is 0 Å². The number of aryl methyl sites for hydroxylation is 1. The van der Waals surface area contributed by atoms with Gasteiger partial charge in [-0.15, -0.1) is 0 Å². The van der Waals surface area contributed by atoms with Crippen LogP contribution in [0.3, 0.4) is 0 Å². The van der Waals surface area contributed by atoms with E-state index in [0.29, 0.717) is 32.1 Å². The van der Waals surface area contributed by atoms with E-state index in [1.165, 1.54) is 7.11 Å². The number of piperazine rings is 1. The first-order chi connectivity index (χ1) is 12.6. The number of ether oxygens (including phenoxy) is 2. The van der Waals surface area contributed by atoms with E-state index < -0.39 is 0 Å². The second kappa shape index (κ2) is 7.90. The second-order valence-corrected chi connectivity index (χ2v) is 6.03. The summed E-state index contributed by atoms with van der Waals surface area (Å²) in [4.78, 5) is 24.8. The quantitative estimate of drug-likeness (QED) is 0.903. The number of urea groups is 1. The SMILES string of the molecule is COc1cc(N2CCN(C(=O)Nc3ccc(C)cc3)CC2)nc(OC)n1. The molecule has 1 aliphatic rings. The molecule has 8 nitrogen and oxygen atoms in total. The Morgan fingerprint density at radius 2 is 1.73 bits per heavy atom. The van der Waals surface area contributed by atoms with Crippen molar-refractivity contribution in [3.63, 3.8) is 0 Å². The van der Waals surface area contributed by atoms with Crippen LogP contribution in [0, 0.1) is 6.92 Å². The highest BCUT2D eigenvalue weighted by Gasteiger charge is 2.23. The summed E-state index contributed by atoms with van der Waals surface area (Å²) in [5.74, 6) is 1.18. The number of rotatable bonds is 4. The molecule has 0 spiro atoms. The lowest BCUT2D eigenvalue weighted by Crippen LogP contribution is -2.50. The zero-order valence-corrected chi connectivity index (χ0v) is 15.2. The highest BCUT2D eigenvalue weighted by Crippen LogP contribution is 2.22. The maximum atomic E-state index is 12.4. The Morgan fingerprint density at radius 1 is 1.04 bits per heavy atom. The number of carbonyl (C=O) groups is 1. The van der Waals surface area contributed by atoms with Gasteiger partial charge in [-0.1, -0.05) is 17.7 Å². The molecular formula is C18H23N5O3. The van der Waals surface area contributed by atoms with Crippen molar-refractivity contribution in [2.24, 2.45) is 0 Å². The van der Waals surface area contributed by atoms with Gasteiger partial charge in [0, 0.05) is 37.9 Å². The minimum atomic E-state index is -0.0913. The van der Waals surface area contributed by atoms with E-state index in [1.807, 2.05) is 31.2 Å². The van der Waals surface area contributed by atoms with Crippen molar-refractivity contribution in [1.82, 2.24) is 14.9 Å². The first kappa shape index (κ1) is 17.8. The van der Waals surface area contributed by atoms with Crippen molar-refractivity contribution in [3.8, 4) is 11.9 Å². The van der Waals surface area contributed by atoms with E-state index in [2.05, 4.69) is 20.2 Å². The van der Waals surface area contributed by atoms with Crippen LogP contribution in [0.15, 0.2) is 30.3 Å². The maximum Gasteiger partial charge on any atom is 0.321 e. The average molecular weight is 357 g/mol. The van der Waals surface area contributed by atoms with E-state index in [4.69, 9.17) is 9.47 Å². The first-order valence-electron chi connectivity index (χ1n) is 8.43. The molecule has 2 heterocycles. The molecule has 0 aliphatic carbocycles. The van der Waals surface area contributed by atoms with Gasteiger partial charge in [-0.05, 0) is 19.1 Å². The predicted octanol–water partition coefficient (Wildman–Crippen LogP) is 2.16. The molecule has 1 aromatic heterocycles. The van der Waals surface area contributed by atoms with Gasteiger partial charge in [-0.2, -0.15) is 9.97 Å². The number of nitrogens with zero attached hydrogens (tertiary/aromatic N) is 4. The van der Waals surface area contributed by atoms with Crippen molar-refractivity contribution < 1.29 is 14.3 Å². The van der Waals surface area contributed by atoms with Crippen molar-refractivity contribution in [2.75, 3.05) is 50.6 Å². The summed E-state index contributed by atoms with van der Waals surface area (Å²) in [5.41, 5.74) is 1.96. The van der Waals surface area contributed by atoms with Crippen molar-refractivity contribution in [3.05, 3.63) is 35.9 Å². The molecule has 1 saturated heterocycles. The Hall–Kier alpha value is -3.03. The van der Waals surface area contributed by atoms with Gasteiger partial charge in [-0.3, -0.25) is 0 Å². The first-order valence-corrected chi connectivity index (χ1v) is 8.43. The Balaban J connectivity index is 1.60. The third-order valence-electron chi connectivity index (χ3n) is 4.25. The Bertz CT molecular complexity index is 736. The van der Waals surface area contributed by atoms with Crippen LogP contribution in [-0.2, 0) is 0 Å². The largest absolute Gasteiger partial charge is 0.481 e. The van der Waals surface area contributed by atoms with E-state index in [1.54, 1.807) is 18.1 Å². The summed E-state index contributed by atoms with van der Waals surface area (Å²) in [7, 11) is 3.07. The second-order valence-electron chi connectivity index (χ2n) is 6.03. The molecule has 0 bridgehead atoms. The van der Waals surface area contributed by atoms with Crippen LogP contribution in [0.1, 0.15) is 5.56 Å². The maximum absolute atomic E-state index is 12.4. The van der Waals surface area contributed by atoms with Crippen LogP contribution in [0.25, 0.3) is 0 Å². The molecular weight excluding hydrogens is 334 g/mol. The minimum Gasteiger partial charge on any atom is -0.481 e. The van der Waals surface area contributed by atoms with E-state index in [-0.39, 0.29) is 12.0 Å². The number of hydrogen-bond donors (Lipinski definition) is 1. The molecule has 8 heteroatoms. The van der Waals surface area contributed by atoms with Crippen LogP contribution in [0.2, 0.25) is 0 Å². The van der Waals surface area contributed by atoms with Gasteiger partial charge in [0.1, 0.15) is 5.82 Å². The van der Waals surface area contributed by atoms with Gasteiger partial charge in [-0.25, -0.2) is 4.79 Å². The van der Waals surface area contributed by atoms with E-state index >= 15 is 0 Å². The van der Waals surface area contributed by atoms with Gasteiger partial charge in [0.15, 0.2) is 0 Å². The zero-order chi connectivity index (χ0) is 18.5. The molecule has 0 atom stereocenters.